The van der Waals surface area contributed by atoms with Crippen LogP contribution >= 0.6 is 0 Å². The lowest BCUT2D eigenvalue weighted by molar-refractivity contribution is 0.112. The number of aldehydes is 1. The number of rotatable bonds is 6. The van der Waals surface area contributed by atoms with Gasteiger partial charge in [-0.3, -0.25) is 4.79 Å². The third kappa shape index (κ3) is 3.46. The third-order valence-corrected chi connectivity index (χ3v) is 2.59. The van der Waals surface area contributed by atoms with Gasteiger partial charge in [-0.15, -0.1) is 0 Å². The number of carbonyl (C=O) groups is 1. The number of benzene rings is 1. The molecule has 0 radical (unpaired) electrons. The van der Waals surface area contributed by atoms with Crippen LogP contribution in [0.25, 0.3) is 0 Å². The minimum absolute atomic E-state index is 0.512. The Morgan fingerprint density at radius 3 is 2.29 bits per heavy atom. The zero-order chi connectivity index (χ0) is 12.8. The van der Waals surface area contributed by atoms with Crippen LogP contribution < -0.4 is 9.47 Å². The molecule has 0 saturated heterocycles. The number of ether oxygens (including phenoxy) is 2. The van der Waals surface area contributed by atoms with Gasteiger partial charge in [-0.05, 0) is 38.2 Å². The largest absolute Gasteiger partial charge is 0.496 e. The Balaban J connectivity index is 3.05. The van der Waals surface area contributed by atoms with Crippen molar-refractivity contribution < 1.29 is 14.3 Å². The summed E-state index contributed by atoms with van der Waals surface area (Å²) in [6.07, 6.45) is 1.63. The molecule has 0 aromatic heterocycles. The molecule has 0 aliphatic rings. The van der Waals surface area contributed by atoms with Crippen molar-refractivity contribution in [3.8, 4) is 11.5 Å². The van der Waals surface area contributed by atoms with Gasteiger partial charge < -0.3 is 14.4 Å². The second-order valence-electron chi connectivity index (χ2n) is 4.08. The highest BCUT2D eigenvalue weighted by Gasteiger charge is 2.10. The van der Waals surface area contributed by atoms with E-state index in [1.807, 2.05) is 20.2 Å². The second-order valence-corrected chi connectivity index (χ2v) is 4.08. The first-order valence-electron chi connectivity index (χ1n) is 5.47. The highest BCUT2D eigenvalue weighted by molar-refractivity contribution is 5.80. The predicted octanol–water partition coefficient (Wildman–Crippen LogP) is 1.62. The number of likely N-dealkylation sites (N-methyl/N-ethyl adjacent to an activating group) is 1. The Hall–Kier alpha value is -1.55. The zero-order valence-electron chi connectivity index (χ0n) is 10.8. The molecule has 4 nitrogen and oxygen atoms in total. The molecule has 0 bridgehead atoms. The van der Waals surface area contributed by atoms with E-state index in [2.05, 4.69) is 4.90 Å². The minimum atomic E-state index is 0.512. The van der Waals surface area contributed by atoms with Crippen LogP contribution in [0.1, 0.15) is 15.9 Å². The predicted molar refractivity (Wildman–Crippen MR) is 67.2 cm³/mol. The average Bonchev–Trinajstić information content (AvgIpc) is 2.34. The Morgan fingerprint density at radius 1 is 1.18 bits per heavy atom. The topological polar surface area (TPSA) is 38.8 Å². The molecule has 1 aromatic carbocycles. The summed E-state index contributed by atoms with van der Waals surface area (Å²) in [5.41, 5.74) is 1.56. The minimum Gasteiger partial charge on any atom is -0.496 e. The van der Waals surface area contributed by atoms with E-state index in [-0.39, 0.29) is 0 Å². The van der Waals surface area contributed by atoms with Gasteiger partial charge in [-0.1, -0.05) is 0 Å². The van der Waals surface area contributed by atoms with Crippen molar-refractivity contribution in [1.82, 2.24) is 4.90 Å². The SMILES string of the molecule is COc1cc(CCN(C)C)c(OC)cc1C=O. The van der Waals surface area contributed by atoms with E-state index in [1.165, 1.54) is 0 Å². The molecule has 1 aromatic rings. The lowest BCUT2D eigenvalue weighted by atomic mass is 10.1. The van der Waals surface area contributed by atoms with Gasteiger partial charge in [-0.2, -0.15) is 0 Å². The van der Waals surface area contributed by atoms with Crippen LogP contribution in [0.5, 0.6) is 11.5 Å². The maximum absolute atomic E-state index is 10.9. The first-order chi connectivity index (χ1) is 8.12. The van der Waals surface area contributed by atoms with Crippen molar-refractivity contribution in [1.29, 1.82) is 0 Å². The Labute approximate surface area is 102 Å². The molecule has 0 saturated carbocycles. The fourth-order valence-electron chi connectivity index (χ4n) is 1.62. The highest BCUT2D eigenvalue weighted by atomic mass is 16.5. The Bertz CT molecular complexity index is 388. The lowest BCUT2D eigenvalue weighted by Crippen LogP contribution is -2.15. The van der Waals surface area contributed by atoms with E-state index in [9.17, 15) is 4.79 Å². The number of carbonyl (C=O) groups excluding carboxylic acids is 1. The van der Waals surface area contributed by atoms with Gasteiger partial charge in [0, 0.05) is 6.54 Å². The molecule has 1 rings (SSSR count). The maximum Gasteiger partial charge on any atom is 0.153 e. The van der Waals surface area contributed by atoms with Gasteiger partial charge in [0.2, 0.25) is 0 Å². The summed E-state index contributed by atoms with van der Waals surface area (Å²) >= 11 is 0. The normalized spacial score (nSPS) is 10.4. The van der Waals surface area contributed by atoms with Crippen molar-refractivity contribution in [3.05, 3.63) is 23.3 Å². The van der Waals surface area contributed by atoms with Crippen LogP contribution in [0.2, 0.25) is 0 Å². The fourth-order valence-corrected chi connectivity index (χ4v) is 1.62. The van der Waals surface area contributed by atoms with Gasteiger partial charge in [0.25, 0.3) is 0 Å². The summed E-state index contributed by atoms with van der Waals surface area (Å²) < 4.78 is 10.5. The summed E-state index contributed by atoms with van der Waals surface area (Å²) in [6, 6.07) is 3.59. The second kappa shape index (κ2) is 6.25. The first kappa shape index (κ1) is 13.5. The molecular formula is C13H19NO3. The van der Waals surface area contributed by atoms with E-state index in [1.54, 1.807) is 20.3 Å². The molecule has 0 unspecified atom stereocenters. The standard InChI is InChI=1S/C13H19NO3/c1-14(2)6-5-10-7-13(17-4)11(9-15)8-12(10)16-3/h7-9H,5-6H2,1-4H3. The molecule has 17 heavy (non-hydrogen) atoms. The molecule has 0 heterocycles. The van der Waals surface area contributed by atoms with Crippen molar-refractivity contribution in [3.63, 3.8) is 0 Å². The van der Waals surface area contributed by atoms with Crippen LogP contribution in [-0.4, -0.2) is 46.0 Å². The molecular weight excluding hydrogens is 218 g/mol. The molecule has 94 valence electrons. The van der Waals surface area contributed by atoms with Crippen molar-refractivity contribution in [2.45, 2.75) is 6.42 Å². The molecule has 0 spiro atoms. The van der Waals surface area contributed by atoms with Crippen molar-refractivity contribution in [2.75, 3.05) is 34.9 Å². The van der Waals surface area contributed by atoms with Gasteiger partial charge in [0.15, 0.2) is 6.29 Å². The van der Waals surface area contributed by atoms with Gasteiger partial charge in [0.1, 0.15) is 11.5 Å². The number of hydrogen-bond donors (Lipinski definition) is 0. The molecule has 4 heteroatoms. The number of nitrogens with zero attached hydrogens (tertiary/aromatic N) is 1. The van der Waals surface area contributed by atoms with Gasteiger partial charge in [0.05, 0.1) is 19.8 Å². The van der Waals surface area contributed by atoms with Crippen LogP contribution in [-0.2, 0) is 6.42 Å². The van der Waals surface area contributed by atoms with E-state index >= 15 is 0 Å². The third-order valence-electron chi connectivity index (χ3n) is 2.59. The Morgan fingerprint density at radius 2 is 1.82 bits per heavy atom. The smallest absolute Gasteiger partial charge is 0.153 e. The molecule has 0 fully saturated rings. The molecule has 0 N–H and O–H groups in total. The van der Waals surface area contributed by atoms with E-state index in [4.69, 9.17) is 9.47 Å². The number of methoxy groups -OCH3 is 2. The molecule has 0 amide bonds. The summed E-state index contributed by atoms with van der Waals surface area (Å²) in [4.78, 5) is 13.0. The molecule has 0 atom stereocenters. The van der Waals surface area contributed by atoms with Crippen LogP contribution in [0, 0.1) is 0 Å². The van der Waals surface area contributed by atoms with Crippen molar-refractivity contribution >= 4 is 6.29 Å². The van der Waals surface area contributed by atoms with Crippen LogP contribution in [0.15, 0.2) is 12.1 Å². The summed E-state index contributed by atoms with van der Waals surface area (Å²) in [6.45, 7) is 0.917. The number of hydrogen-bond acceptors (Lipinski definition) is 4. The van der Waals surface area contributed by atoms with E-state index in [0.717, 1.165) is 30.6 Å². The zero-order valence-corrected chi connectivity index (χ0v) is 10.8. The highest BCUT2D eigenvalue weighted by Crippen LogP contribution is 2.28. The molecule has 0 aliphatic carbocycles. The van der Waals surface area contributed by atoms with Crippen LogP contribution in [0.4, 0.5) is 0 Å². The van der Waals surface area contributed by atoms with E-state index < -0.39 is 0 Å². The Kier molecular flexibility index (Phi) is 4.97. The lowest BCUT2D eigenvalue weighted by Gasteiger charge is -2.14. The molecule has 0 aliphatic heterocycles. The monoisotopic (exact) mass is 237 g/mol. The quantitative estimate of drug-likeness (QED) is 0.705. The first-order valence-corrected chi connectivity index (χ1v) is 5.47. The average molecular weight is 237 g/mol. The van der Waals surface area contributed by atoms with E-state index in [0.29, 0.717) is 11.3 Å². The van der Waals surface area contributed by atoms with Crippen molar-refractivity contribution in [2.24, 2.45) is 0 Å². The van der Waals surface area contributed by atoms with Gasteiger partial charge >= 0.3 is 0 Å². The maximum atomic E-state index is 10.9. The fraction of sp³-hybridized carbons (Fsp3) is 0.462. The van der Waals surface area contributed by atoms with Gasteiger partial charge in [-0.25, -0.2) is 0 Å². The van der Waals surface area contributed by atoms with Crippen LogP contribution in [0.3, 0.4) is 0 Å². The summed E-state index contributed by atoms with van der Waals surface area (Å²) in [5, 5.41) is 0. The summed E-state index contributed by atoms with van der Waals surface area (Å²) in [5.74, 6) is 1.32. The summed E-state index contributed by atoms with van der Waals surface area (Å²) in [7, 11) is 7.20.